The standard InChI is InChI=1S/C18H15N5O/c1-23-10-13(8-22-23)12-6-15-16(9-21-18(15)20-7-12)17(24)11-3-2-4-14(19)5-11/h2-10H,19H2,1H3,(H,20,21). The number of aromatic nitrogens is 4. The highest BCUT2D eigenvalue weighted by atomic mass is 16.1. The minimum atomic E-state index is -0.0845. The second-order valence-electron chi connectivity index (χ2n) is 5.68. The van der Waals surface area contributed by atoms with E-state index in [2.05, 4.69) is 15.1 Å². The fourth-order valence-corrected chi connectivity index (χ4v) is 2.75. The van der Waals surface area contributed by atoms with Crippen LogP contribution in [0.15, 0.2) is 55.1 Å². The topological polar surface area (TPSA) is 89.6 Å². The number of nitrogens with zero attached hydrogens (tertiary/aromatic N) is 3. The number of aryl methyl sites for hydroxylation is 1. The summed E-state index contributed by atoms with van der Waals surface area (Å²) in [5, 5.41) is 4.96. The van der Waals surface area contributed by atoms with Crippen LogP contribution in [0.1, 0.15) is 15.9 Å². The number of rotatable bonds is 3. The average molecular weight is 317 g/mol. The number of anilines is 1. The molecule has 6 heteroatoms. The zero-order valence-corrected chi connectivity index (χ0v) is 13.0. The molecule has 6 nitrogen and oxygen atoms in total. The molecule has 0 atom stereocenters. The fraction of sp³-hybridized carbons (Fsp3) is 0.0556. The van der Waals surface area contributed by atoms with Gasteiger partial charge in [0.2, 0.25) is 0 Å². The van der Waals surface area contributed by atoms with Crippen molar-refractivity contribution in [1.82, 2.24) is 19.7 Å². The first-order valence-corrected chi connectivity index (χ1v) is 7.48. The van der Waals surface area contributed by atoms with Crippen molar-refractivity contribution in [2.24, 2.45) is 7.05 Å². The van der Waals surface area contributed by atoms with E-state index in [9.17, 15) is 4.79 Å². The number of benzene rings is 1. The van der Waals surface area contributed by atoms with E-state index in [0.29, 0.717) is 22.5 Å². The van der Waals surface area contributed by atoms with Crippen LogP contribution in [0.3, 0.4) is 0 Å². The van der Waals surface area contributed by atoms with Crippen LogP contribution in [0.4, 0.5) is 5.69 Å². The van der Waals surface area contributed by atoms with Crippen LogP contribution < -0.4 is 5.73 Å². The Morgan fingerprint density at radius 2 is 2.08 bits per heavy atom. The van der Waals surface area contributed by atoms with Crippen LogP contribution in [-0.4, -0.2) is 25.5 Å². The summed E-state index contributed by atoms with van der Waals surface area (Å²) in [4.78, 5) is 20.3. The molecule has 24 heavy (non-hydrogen) atoms. The molecule has 0 spiro atoms. The molecule has 118 valence electrons. The van der Waals surface area contributed by atoms with Gasteiger partial charge in [-0.2, -0.15) is 5.10 Å². The Morgan fingerprint density at radius 1 is 1.21 bits per heavy atom. The van der Waals surface area contributed by atoms with Gasteiger partial charge in [-0.25, -0.2) is 4.98 Å². The van der Waals surface area contributed by atoms with Gasteiger partial charge in [0.15, 0.2) is 5.78 Å². The van der Waals surface area contributed by atoms with Crippen LogP contribution in [0.25, 0.3) is 22.2 Å². The Bertz CT molecular complexity index is 1060. The van der Waals surface area contributed by atoms with Crippen molar-refractivity contribution in [1.29, 1.82) is 0 Å². The fourth-order valence-electron chi connectivity index (χ4n) is 2.75. The SMILES string of the molecule is Cn1cc(-c2cnc3[nH]cc(C(=O)c4cccc(N)c4)c3c2)cn1. The Balaban J connectivity index is 1.83. The van der Waals surface area contributed by atoms with Crippen LogP contribution >= 0.6 is 0 Å². The van der Waals surface area contributed by atoms with E-state index < -0.39 is 0 Å². The molecule has 0 aliphatic rings. The van der Waals surface area contributed by atoms with Crippen LogP contribution in [0.2, 0.25) is 0 Å². The molecule has 4 rings (SSSR count). The molecule has 0 saturated heterocycles. The minimum Gasteiger partial charge on any atom is -0.399 e. The summed E-state index contributed by atoms with van der Waals surface area (Å²) in [6.07, 6.45) is 7.14. The molecule has 0 saturated carbocycles. The van der Waals surface area contributed by atoms with Gasteiger partial charge in [-0.05, 0) is 18.2 Å². The first-order chi connectivity index (χ1) is 11.6. The third-order valence-electron chi connectivity index (χ3n) is 3.96. The lowest BCUT2D eigenvalue weighted by molar-refractivity contribution is 0.104. The summed E-state index contributed by atoms with van der Waals surface area (Å²) in [5.74, 6) is -0.0845. The number of nitrogens with two attached hydrogens (primary N) is 1. The zero-order valence-electron chi connectivity index (χ0n) is 13.0. The first kappa shape index (κ1) is 14.2. The van der Waals surface area contributed by atoms with Crippen molar-refractivity contribution < 1.29 is 4.79 Å². The highest BCUT2D eigenvalue weighted by Gasteiger charge is 2.16. The molecule has 3 N–H and O–H groups in total. The highest BCUT2D eigenvalue weighted by molar-refractivity contribution is 6.16. The van der Waals surface area contributed by atoms with Gasteiger partial charge in [-0.3, -0.25) is 9.48 Å². The van der Waals surface area contributed by atoms with E-state index in [1.807, 2.05) is 19.3 Å². The minimum absolute atomic E-state index is 0.0845. The second-order valence-corrected chi connectivity index (χ2v) is 5.68. The van der Waals surface area contributed by atoms with Crippen LogP contribution in [0.5, 0.6) is 0 Å². The van der Waals surface area contributed by atoms with Gasteiger partial charge in [-0.1, -0.05) is 12.1 Å². The van der Waals surface area contributed by atoms with Gasteiger partial charge < -0.3 is 10.7 Å². The molecular weight excluding hydrogens is 302 g/mol. The van der Waals surface area contributed by atoms with Gasteiger partial charge in [0, 0.05) is 59.0 Å². The number of ketones is 1. The molecule has 0 radical (unpaired) electrons. The molecule has 0 unspecified atom stereocenters. The average Bonchev–Trinajstić information content (AvgIpc) is 3.19. The molecule has 0 fully saturated rings. The number of carbonyl (C=O) groups is 1. The van der Waals surface area contributed by atoms with Crippen LogP contribution in [-0.2, 0) is 7.05 Å². The Labute approximate surface area is 137 Å². The van der Waals surface area contributed by atoms with Crippen molar-refractivity contribution in [2.45, 2.75) is 0 Å². The lowest BCUT2D eigenvalue weighted by Crippen LogP contribution is -2.01. The molecule has 0 aliphatic carbocycles. The van der Waals surface area contributed by atoms with Crippen molar-refractivity contribution in [3.63, 3.8) is 0 Å². The number of hydrogen-bond acceptors (Lipinski definition) is 4. The first-order valence-electron chi connectivity index (χ1n) is 7.48. The molecule has 1 aromatic carbocycles. The van der Waals surface area contributed by atoms with Crippen molar-refractivity contribution in [3.8, 4) is 11.1 Å². The number of hydrogen-bond donors (Lipinski definition) is 2. The lowest BCUT2D eigenvalue weighted by Gasteiger charge is -2.02. The molecule has 3 heterocycles. The van der Waals surface area contributed by atoms with Crippen molar-refractivity contribution in [3.05, 3.63) is 66.2 Å². The van der Waals surface area contributed by atoms with E-state index in [1.54, 1.807) is 47.5 Å². The van der Waals surface area contributed by atoms with Crippen molar-refractivity contribution in [2.75, 3.05) is 5.73 Å². The maximum absolute atomic E-state index is 12.8. The predicted molar refractivity (Wildman–Crippen MR) is 92.6 cm³/mol. The van der Waals surface area contributed by atoms with E-state index >= 15 is 0 Å². The molecule has 4 aromatic rings. The smallest absolute Gasteiger partial charge is 0.195 e. The predicted octanol–water partition coefficient (Wildman–Crippen LogP) is 2.78. The second kappa shape index (κ2) is 5.34. The van der Waals surface area contributed by atoms with Gasteiger partial charge >= 0.3 is 0 Å². The number of nitrogens with one attached hydrogen (secondary N) is 1. The summed E-state index contributed by atoms with van der Waals surface area (Å²) < 4.78 is 1.73. The number of H-pyrrole nitrogens is 1. The molecule has 3 aromatic heterocycles. The monoisotopic (exact) mass is 317 g/mol. The van der Waals surface area contributed by atoms with E-state index in [1.165, 1.54) is 0 Å². The van der Waals surface area contributed by atoms with E-state index in [0.717, 1.165) is 16.5 Å². The molecule has 0 aliphatic heterocycles. The number of carbonyl (C=O) groups excluding carboxylic acids is 1. The number of fused-ring (bicyclic) bond motifs is 1. The van der Waals surface area contributed by atoms with Gasteiger partial charge in [0.05, 0.1) is 6.20 Å². The lowest BCUT2D eigenvalue weighted by atomic mass is 10.0. The van der Waals surface area contributed by atoms with Crippen molar-refractivity contribution >= 4 is 22.5 Å². The summed E-state index contributed by atoms with van der Waals surface area (Å²) >= 11 is 0. The summed E-state index contributed by atoms with van der Waals surface area (Å²) in [7, 11) is 1.86. The highest BCUT2D eigenvalue weighted by Crippen LogP contribution is 2.26. The summed E-state index contributed by atoms with van der Waals surface area (Å²) in [5.41, 5.74) is 10.0. The van der Waals surface area contributed by atoms with Gasteiger partial charge in [0.25, 0.3) is 0 Å². The summed E-state index contributed by atoms with van der Waals surface area (Å²) in [6, 6.07) is 8.93. The zero-order chi connectivity index (χ0) is 16.7. The van der Waals surface area contributed by atoms with Gasteiger partial charge in [0.1, 0.15) is 5.65 Å². The molecule has 0 bridgehead atoms. The largest absolute Gasteiger partial charge is 0.399 e. The third kappa shape index (κ3) is 2.34. The maximum Gasteiger partial charge on any atom is 0.195 e. The Hall–Kier alpha value is -3.41. The quantitative estimate of drug-likeness (QED) is 0.449. The Morgan fingerprint density at radius 3 is 2.83 bits per heavy atom. The van der Waals surface area contributed by atoms with Crippen LogP contribution in [0, 0.1) is 0 Å². The van der Waals surface area contributed by atoms with Gasteiger partial charge in [-0.15, -0.1) is 0 Å². The maximum atomic E-state index is 12.8. The normalized spacial score (nSPS) is 11.0. The van der Waals surface area contributed by atoms with E-state index in [4.69, 9.17) is 5.73 Å². The number of pyridine rings is 1. The number of nitrogen functional groups attached to an aromatic ring is 1. The number of aromatic amines is 1. The molecular formula is C18H15N5O. The van der Waals surface area contributed by atoms with E-state index in [-0.39, 0.29) is 5.78 Å². The summed E-state index contributed by atoms with van der Waals surface area (Å²) in [6.45, 7) is 0. The third-order valence-corrected chi connectivity index (χ3v) is 3.96. The Kier molecular flexibility index (Phi) is 3.16. The molecule has 0 amide bonds.